The van der Waals surface area contributed by atoms with Crippen molar-refractivity contribution >= 4 is 0 Å². The lowest BCUT2D eigenvalue weighted by atomic mass is 10.1. The SMILES string of the molecule is Cc1ccc(OCC(N)c2ccc(F)cc2F)cc1C. The molecule has 0 radical (unpaired) electrons. The number of benzene rings is 2. The van der Waals surface area contributed by atoms with Crippen molar-refractivity contribution in [3.8, 4) is 5.75 Å². The maximum Gasteiger partial charge on any atom is 0.131 e. The van der Waals surface area contributed by atoms with Crippen LogP contribution in [0.5, 0.6) is 5.75 Å². The normalized spacial score (nSPS) is 12.2. The summed E-state index contributed by atoms with van der Waals surface area (Å²) in [7, 11) is 0. The maximum absolute atomic E-state index is 13.6. The van der Waals surface area contributed by atoms with Crippen LogP contribution >= 0.6 is 0 Å². The Morgan fingerprint density at radius 2 is 1.80 bits per heavy atom. The van der Waals surface area contributed by atoms with E-state index < -0.39 is 17.7 Å². The molecule has 0 spiro atoms. The Morgan fingerprint density at radius 1 is 1.05 bits per heavy atom. The first-order chi connectivity index (χ1) is 9.47. The molecule has 20 heavy (non-hydrogen) atoms. The summed E-state index contributed by atoms with van der Waals surface area (Å²) in [5, 5.41) is 0. The van der Waals surface area contributed by atoms with Gasteiger partial charge >= 0.3 is 0 Å². The van der Waals surface area contributed by atoms with Crippen molar-refractivity contribution in [1.82, 2.24) is 0 Å². The van der Waals surface area contributed by atoms with E-state index in [2.05, 4.69) is 0 Å². The van der Waals surface area contributed by atoms with Crippen molar-refractivity contribution in [1.29, 1.82) is 0 Å². The smallest absolute Gasteiger partial charge is 0.131 e. The van der Waals surface area contributed by atoms with Crippen molar-refractivity contribution in [2.24, 2.45) is 5.73 Å². The Hall–Kier alpha value is -1.94. The number of nitrogens with two attached hydrogens (primary N) is 1. The highest BCUT2D eigenvalue weighted by atomic mass is 19.1. The zero-order chi connectivity index (χ0) is 14.7. The van der Waals surface area contributed by atoms with E-state index in [9.17, 15) is 8.78 Å². The van der Waals surface area contributed by atoms with Crippen LogP contribution in [-0.2, 0) is 0 Å². The number of halogens is 2. The van der Waals surface area contributed by atoms with Crippen LogP contribution in [0.25, 0.3) is 0 Å². The van der Waals surface area contributed by atoms with Crippen molar-refractivity contribution < 1.29 is 13.5 Å². The predicted octanol–water partition coefficient (Wildman–Crippen LogP) is 3.66. The molecule has 2 aromatic rings. The van der Waals surface area contributed by atoms with Gasteiger partial charge in [-0.05, 0) is 43.2 Å². The monoisotopic (exact) mass is 277 g/mol. The third kappa shape index (κ3) is 3.33. The molecule has 2 nitrogen and oxygen atoms in total. The Balaban J connectivity index is 2.04. The lowest BCUT2D eigenvalue weighted by Gasteiger charge is -2.15. The molecule has 0 aliphatic carbocycles. The van der Waals surface area contributed by atoms with Gasteiger partial charge in [-0.1, -0.05) is 12.1 Å². The van der Waals surface area contributed by atoms with Gasteiger partial charge in [0.1, 0.15) is 24.0 Å². The summed E-state index contributed by atoms with van der Waals surface area (Å²) in [6, 6.07) is 8.42. The topological polar surface area (TPSA) is 35.2 Å². The highest BCUT2D eigenvalue weighted by Gasteiger charge is 2.13. The van der Waals surface area contributed by atoms with Crippen LogP contribution in [0.15, 0.2) is 36.4 Å². The van der Waals surface area contributed by atoms with Crippen molar-refractivity contribution in [3.63, 3.8) is 0 Å². The van der Waals surface area contributed by atoms with Gasteiger partial charge in [-0.15, -0.1) is 0 Å². The van der Waals surface area contributed by atoms with E-state index in [0.29, 0.717) is 5.75 Å². The van der Waals surface area contributed by atoms with Crippen LogP contribution in [0, 0.1) is 25.5 Å². The summed E-state index contributed by atoms with van der Waals surface area (Å²) in [5.41, 5.74) is 8.41. The van der Waals surface area contributed by atoms with Crippen molar-refractivity contribution in [2.45, 2.75) is 19.9 Å². The standard InChI is InChI=1S/C16H17F2NO/c1-10-3-5-13(7-11(10)2)20-9-16(19)14-6-4-12(17)8-15(14)18/h3-8,16H,9,19H2,1-2H3. The van der Waals surface area contributed by atoms with Crippen LogP contribution in [-0.4, -0.2) is 6.61 Å². The highest BCUT2D eigenvalue weighted by Crippen LogP contribution is 2.20. The fraction of sp³-hybridized carbons (Fsp3) is 0.250. The van der Waals surface area contributed by atoms with E-state index in [4.69, 9.17) is 10.5 Å². The molecular weight excluding hydrogens is 260 g/mol. The molecule has 1 unspecified atom stereocenters. The fourth-order valence-corrected chi connectivity index (χ4v) is 1.88. The lowest BCUT2D eigenvalue weighted by molar-refractivity contribution is 0.287. The third-order valence-corrected chi connectivity index (χ3v) is 3.27. The van der Waals surface area contributed by atoms with Gasteiger partial charge in [-0.2, -0.15) is 0 Å². The van der Waals surface area contributed by atoms with Gasteiger partial charge < -0.3 is 10.5 Å². The lowest BCUT2D eigenvalue weighted by Crippen LogP contribution is -2.20. The minimum atomic E-state index is -0.652. The summed E-state index contributed by atoms with van der Waals surface area (Å²) in [4.78, 5) is 0. The molecule has 0 saturated heterocycles. The van der Waals surface area contributed by atoms with Gasteiger partial charge in [-0.3, -0.25) is 0 Å². The number of ether oxygens (including phenoxy) is 1. The van der Waals surface area contributed by atoms with E-state index >= 15 is 0 Å². The first kappa shape index (κ1) is 14.5. The molecule has 1 atom stereocenters. The second-order valence-electron chi connectivity index (χ2n) is 4.83. The second-order valence-corrected chi connectivity index (χ2v) is 4.83. The van der Waals surface area contributed by atoms with Crippen LogP contribution in [0.4, 0.5) is 8.78 Å². The largest absolute Gasteiger partial charge is 0.492 e. The molecule has 106 valence electrons. The van der Waals surface area contributed by atoms with E-state index in [0.717, 1.165) is 11.6 Å². The average molecular weight is 277 g/mol. The van der Waals surface area contributed by atoms with Gasteiger partial charge in [0.25, 0.3) is 0 Å². The minimum absolute atomic E-state index is 0.130. The second kappa shape index (κ2) is 6.01. The molecule has 2 aromatic carbocycles. The summed E-state index contributed by atoms with van der Waals surface area (Å²) < 4.78 is 32.0. The average Bonchev–Trinajstić information content (AvgIpc) is 2.40. The van der Waals surface area contributed by atoms with Gasteiger partial charge in [0.15, 0.2) is 0 Å². The van der Waals surface area contributed by atoms with E-state index in [1.54, 1.807) is 0 Å². The Labute approximate surface area is 117 Å². The zero-order valence-electron chi connectivity index (χ0n) is 11.5. The molecule has 0 amide bonds. The van der Waals surface area contributed by atoms with Crippen LogP contribution < -0.4 is 10.5 Å². The predicted molar refractivity (Wildman–Crippen MR) is 74.7 cm³/mol. The van der Waals surface area contributed by atoms with E-state index in [-0.39, 0.29) is 12.2 Å². The molecule has 4 heteroatoms. The summed E-state index contributed by atoms with van der Waals surface area (Å²) >= 11 is 0. The van der Waals surface area contributed by atoms with Gasteiger partial charge in [-0.25, -0.2) is 8.78 Å². The molecule has 2 rings (SSSR count). The van der Waals surface area contributed by atoms with Crippen molar-refractivity contribution in [3.05, 3.63) is 64.7 Å². The maximum atomic E-state index is 13.6. The molecule has 0 saturated carbocycles. The minimum Gasteiger partial charge on any atom is -0.492 e. The quantitative estimate of drug-likeness (QED) is 0.925. The summed E-state index contributed by atoms with van der Waals surface area (Å²) in [6.45, 7) is 4.13. The number of hydrogen-bond acceptors (Lipinski definition) is 2. The first-order valence-electron chi connectivity index (χ1n) is 6.38. The Kier molecular flexibility index (Phi) is 4.35. The molecule has 0 fully saturated rings. The number of rotatable bonds is 4. The Morgan fingerprint density at radius 3 is 2.45 bits per heavy atom. The van der Waals surface area contributed by atoms with E-state index in [1.165, 1.54) is 17.7 Å². The summed E-state index contributed by atoms with van der Waals surface area (Å²) in [5.74, 6) is -0.583. The molecule has 0 heterocycles. The molecule has 0 aliphatic rings. The third-order valence-electron chi connectivity index (χ3n) is 3.27. The van der Waals surface area contributed by atoms with Crippen molar-refractivity contribution in [2.75, 3.05) is 6.61 Å². The highest BCUT2D eigenvalue weighted by molar-refractivity contribution is 5.34. The molecular formula is C16H17F2NO. The first-order valence-corrected chi connectivity index (χ1v) is 6.38. The zero-order valence-corrected chi connectivity index (χ0v) is 11.5. The van der Waals surface area contributed by atoms with E-state index in [1.807, 2.05) is 32.0 Å². The van der Waals surface area contributed by atoms with Gasteiger partial charge in [0.05, 0.1) is 6.04 Å². The number of hydrogen-bond donors (Lipinski definition) is 1. The fourth-order valence-electron chi connectivity index (χ4n) is 1.88. The van der Waals surface area contributed by atoms with Gasteiger partial charge in [0, 0.05) is 11.6 Å². The molecule has 0 aromatic heterocycles. The van der Waals surface area contributed by atoms with Crippen LogP contribution in [0.2, 0.25) is 0 Å². The Bertz CT molecular complexity index is 613. The van der Waals surface area contributed by atoms with Gasteiger partial charge in [0.2, 0.25) is 0 Å². The van der Waals surface area contributed by atoms with Crippen LogP contribution in [0.1, 0.15) is 22.7 Å². The number of aryl methyl sites for hydroxylation is 2. The summed E-state index contributed by atoms with van der Waals surface area (Å²) in [6.07, 6.45) is 0. The molecule has 2 N–H and O–H groups in total. The molecule has 0 aliphatic heterocycles. The molecule has 0 bridgehead atoms. The van der Waals surface area contributed by atoms with Crippen LogP contribution in [0.3, 0.4) is 0 Å².